The van der Waals surface area contributed by atoms with Crippen LogP contribution in [0.3, 0.4) is 0 Å². The van der Waals surface area contributed by atoms with Gasteiger partial charge in [0.1, 0.15) is 0 Å². The molecule has 0 aliphatic rings. The first-order chi connectivity index (χ1) is 9.47. The van der Waals surface area contributed by atoms with Crippen LogP contribution in [0.15, 0.2) is 68.3 Å². The Bertz CT molecular complexity index is 721. The van der Waals surface area contributed by atoms with Gasteiger partial charge in [-0.25, -0.2) is 4.21 Å². The summed E-state index contributed by atoms with van der Waals surface area (Å²) in [4.78, 5) is 0.667. The Hall–Kier alpha value is -1.24. The van der Waals surface area contributed by atoms with E-state index in [0.29, 0.717) is 4.90 Å². The van der Waals surface area contributed by atoms with Crippen LogP contribution >= 0.6 is 28.1 Å². The van der Waals surface area contributed by atoms with E-state index in [1.54, 1.807) is 18.4 Å². The van der Waals surface area contributed by atoms with Gasteiger partial charge in [0.2, 0.25) is 5.11 Å². The normalized spacial score (nSPS) is 13.3. The molecule has 0 fully saturated rings. The number of nitrogens with one attached hydrogen (secondary N) is 1. The minimum absolute atomic E-state index is 0.212. The van der Waals surface area contributed by atoms with Gasteiger partial charge in [-0.1, -0.05) is 34.1 Å². The maximum absolute atomic E-state index is 12.5. The third-order valence-electron chi connectivity index (χ3n) is 2.53. The Morgan fingerprint density at radius 2 is 1.75 bits per heavy atom. The van der Waals surface area contributed by atoms with Crippen LogP contribution in [0.2, 0.25) is 0 Å². The Morgan fingerprint density at radius 3 is 2.35 bits per heavy atom. The van der Waals surface area contributed by atoms with Crippen molar-refractivity contribution in [3.05, 3.63) is 59.1 Å². The van der Waals surface area contributed by atoms with Gasteiger partial charge in [-0.2, -0.15) is 4.36 Å². The van der Waals surface area contributed by atoms with Gasteiger partial charge >= 0.3 is 0 Å². The molecule has 2 aromatic carbocycles. The van der Waals surface area contributed by atoms with E-state index >= 15 is 0 Å². The second-order valence-corrected chi connectivity index (χ2v) is 7.71. The highest BCUT2D eigenvalue weighted by atomic mass is 79.9. The zero-order chi connectivity index (χ0) is 14.6. The Labute approximate surface area is 132 Å². The van der Waals surface area contributed by atoms with Gasteiger partial charge in [-0.05, 0) is 48.6 Å². The lowest BCUT2D eigenvalue weighted by molar-refractivity contribution is 0.681. The lowest BCUT2D eigenvalue weighted by Gasteiger charge is -2.07. The second-order valence-electron chi connectivity index (χ2n) is 4.14. The average Bonchev–Trinajstić information content (AvgIpc) is 2.42. The lowest BCUT2D eigenvalue weighted by Crippen LogP contribution is -2.09. The molecule has 104 valence electrons. The smallest absolute Gasteiger partial charge is 0.206 e. The molecule has 0 amide bonds. The fraction of sp³-hybridized carbons (Fsp3) is 0.0714. The molecule has 2 aromatic rings. The van der Waals surface area contributed by atoms with Crippen LogP contribution in [0, 0.1) is 0 Å². The Balaban J connectivity index is 2.20. The van der Waals surface area contributed by atoms with Crippen LogP contribution in [-0.2, 0) is 9.73 Å². The first kappa shape index (κ1) is 15.2. The highest BCUT2D eigenvalue weighted by Gasteiger charge is 2.06. The molecule has 0 bridgehead atoms. The summed E-state index contributed by atoms with van der Waals surface area (Å²) in [6, 6.07) is 16.6. The summed E-state index contributed by atoms with van der Waals surface area (Å²) in [7, 11) is -2.53. The van der Waals surface area contributed by atoms with E-state index in [0.717, 1.165) is 10.2 Å². The molecule has 0 saturated heterocycles. The quantitative estimate of drug-likeness (QED) is 0.803. The van der Waals surface area contributed by atoms with Crippen LogP contribution < -0.4 is 5.32 Å². The number of anilines is 1. The first-order valence-electron chi connectivity index (χ1n) is 5.81. The molecule has 0 aromatic heterocycles. The van der Waals surface area contributed by atoms with E-state index in [9.17, 15) is 4.21 Å². The van der Waals surface area contributed by atoms with E-state index in [4.69, 9.17) is 12.2 Å². The largest absolute Gasteiger partial charge is 0.330 e. The van der Waals surface area contributed by atoms with Crippen molar-refractivity contribution in [3.63, 3.8) is 0 Å². The van der Waals surface area contributed by atoms with E-state index in [2.05, 4.69) is 25.6 Å². The van der Waals surface area contributed by atoms with Crippen molar-refractivity contribution in [2.45, 2.75) is 4.90 Å². The summed E-state index contributed by atoms with van der Waals surface area (Å²) in [6.45, 7) is 0. The number of thiocarbonyl (C=S) groups is 1. The zero-order valence-electron chi connectivity index (χ0n) is 10.7. The number of halogens is 1. The van der Waals surface area contributed by atoms with Crippen LogP contribution in [0.1, 0.15) is 0 Å². The van der Waals surface area contributed by atoms with Crippen LogP contribution in [-0.4, -0.2) is 15.6 Å². The number of hydrogen-bond acceptors (Lipinski definition) is 2. The van der Waals surface area contributed by atoms with Crippen LogP contribution in [0.25, 0.3) is 0 Å². The molecule has 0 radical (unpaired) electrons. The van der Waals surface area contributed by atoms with Crippen molar-refractivity contribution in [2.24, 2.45) is 4.36 Å². The summed E-state index contributed by atoms with van der Waals surface area (Å²) in [6.07, 6.45) is 1.58. The summed E-state index contributed by atoms with van der Waals surface area (Å²) < 4.78 is 17.7. The molecule has 20 heavy (non-hydrogen) atoms. The third kappa shape index (κ3) is 4.13. The topological polar surface area (TPSA) is 41.5 Å². The molecule has 3 nitrogen and oxygen atoms in total. The van der Waals surface area contributed by atoms with Crippen LogP contribution in [0.4, 0.5) is 5.69 Å². The number of hydrogen-bond donors (Lipinski definition) is 1. The summed E-state index contributed by atoms with van der Waals surface area (Å²) in [5.74, 6) is 0. The molecule has 1 atom stereocenters. The molecule has 0 aliphatic heterocycles. The molecule has 2 rings (SSSR count). The monoisotopic (exact) mass is 368 g/mol. The van der Waals surface area contributed by atoms with Crippen LogP contribution in [0.5, 0.6) is 0 Å². The molecule has 0 unspecified atom stereocenters. The first-order valence-corrected chi connectivity index (χ1v) is 8.93. The van der Waals surface area contributed by atoms with E-state index in [-0.39, 0.29) is 5.11 Å². The van der Waals surface area contributed by atoms with Crippen molar-refractivity contribution in [1.82, 2.24) is 0 Å². The predicted molar refractivity (Wildman–Crippen MR) is 91.6 cm³/mol. The minimum atomic E-state index is -2.53. The van der Waals surface area contributed by atoms with E-state index < -0.39 is 9.73 Å². The third-order valence-corrected chi connectivity index (χ3v) is 5.05. The van der Waals surface area contributed by atoms with Gasteiger partial charge < -0.3 is 5.32 Å². The summed E-state index contributed by atoms with van der Waals surface area (Å²) in [5, 5.41) is 3.17. The molecule has 6 heteroatoms. The maximum Gasteiger partial charge on any atom is 0.206 e. The van der Waals surface area contributed by atoms with Gasteiger partial charge in [-0.15, -0.1) is 0 Å². The van der Waals surface area contributed by atoms with Crippen molar-refractivity contribution >= 4 is 48.7 Å². The fourth-order valence-electron chi connectivity index (χ4n) is 1.56. The van der Waals surface area contributed by atoms with Gasteiger partial charge in [0.05, 0.1) is 9.73 Å². The van der Waals surface area contributed by atoms with Crippen molar-refractivity contribution in [2.75, 3.05) is 11.6 Å². The van der Waals surface area contributed by atoms with Gasteiger partial charge in [0.25, 0.3) is 0 Å². The molecule has 1 N–H and O–H groups in total. The van der Waals surface area contributed by atoms with Gasteiger partial charge in [0, 0.05) is 21.3 Å². The SMILES string of the molecule is C[S@@](=O)(=NC(=S)Nc1ccc(Br)cc1)c1ccccc1. The summed E-state index contributed by atoms with van der Waals surface area (Å²) in [5.41, 5.74) is 0.810. The highest BCUT2D eigenvalue weighted by Crippen LogP contribution is 2.15. The summed E-state index contributed by atoms with van der Waals surface area (Å²) >= 11 is 8.51. The molecule has 0 spiro atoms. The minimum Gasteiger partial charge on any atom is -0.330 e. The fourth-order valence-corrected chi connectivity index (χ4v) is 3.50. The van der Waals surface area contributed by atoms with E-state index in [1.807, 2.05) is 42.5 Å². The number of nitrogens with zero attached hydrogens (tertiary/aromatic N) is 1. The molecular weight excluding hydrogens is 356 g/mol. The van der Waals surface area contributed by atoms with Crippen molar-refractivity contribution in [3.8, 4) is 0 Å². The second kappa shape index (κ2) is 6.47. The number of rotatable bonds is 2. The predicted octanol–water partition coefficient (Wildman–Crippen LogP) is 4.30. The molecule has 0 heterocycles. The van der Waals surface area contributed by atoms with Crippen molar-refractivity contribution in [1.29, 1.82) is 0 Å². The van der Waals surface area contributed by atoms with Crippen molar-refractivity contribution < 1.29 is 4.21 Å². The molecule has 0 saturated carbocycles. The van der Waals surface area contributed by atoms with E-state index in [1.165, 1.54) is 0 Å². The Kier molecular flexibility index (Phi) is 4.91. The van der Waals surface area contributed by atoms with Gasteiger partial charge in [-0.3, -0.25) is 0 Å². The molecular formula is C14H13BrN2OS2. The lowest BCUT2D eigenvalue weighted by atomic mass is 10.3. The maximum atomic E-state index is 12.5. The standard InChI is InChI=1S/C14H13BrN2OS2/c1-20(18,13-5-3-2-4-6-13)17-14(19)16-12-9-7-11(15)8-10-12/h2-10H,1H3,(H,16,19)/t20-/m0/s1. The number of benzene rings is 2. The zero-order valence-corrected chi connectivity index (χ0v) is 14.0. The highest BCUT2D eigenvalue weighted by molar-refractivity contribution is 9.10. The molecule has 0 aliphatic carbocycles. The van der Waals surface area contributed by atoms with Gasteiger partial charge in [0.15, 0.2) is 0 Å². The average molecular weight is 369 g/mol. The Morgan fingerprint density at radius 1 is 1.15 bits per heavy atom.